The summed E-state index contributed by atoms with van der Waals surface area (Å²) in [5.74, 6) is 0.0513. The molecule has 0 amide bonds. The van der Waals surface area contributed by atoms with Gasteiger partial charge in [-0.05, 0) is 72.8 Å². The van der Waals surface area contributed by atoms with Crippen LogP contribution in [-0.4, -0.2) is 13.0 Å². The van der Waals surface area contributed by atoms with Gasteiger partial charge in [0, 0.05) is 20.9 Å². The lowest BCUT2D eigenvalue weighted by atomic mass is 10.0. The molecule has 5 rings (SSSR count). The lowest BCUT2D eigenvalue weighted by Crippen LogP contribution is -2.04. The Labute approximate surface area is 232 Å². The largest absolute Gasteiger partial charge is 0.673 e. The molecular formula is C31H23BF4OS2. The van der Waals surface area contributed by atoms with Crippen molar-refractivity contribution in [3.05, 3.63) is 151 Å². The van der Waals surface area contributed by atoms with E-state index < -0.39 is 7.25 Å². The van der Waals surface area contributed by atoms with E-state index in [-0.39, 0.29) is 16.7 Å². The molecule has 0 aliphatic rings. The highest BCUT2D eigenvalue weighted by Crippen LogP contribution is 2.34. The number of hydrogen-bond donors (Lipinski definition) is 0. The van der Waals surface area contributed by atoms with E-state index in [1.165, 1.54) is 19.6 Å². The van der Waals surface area contributed by atoms with Crippen LogP contribution in [0, 0.1) is 0 Å². The van der Waals surface area contributed by atoms with Gasteiger partial charge in [0.05, 0.1) is 10.9 Å². The third kappa shape index (κ3) is 8.63. The normalized spacial score (nSPS) is 11.0. The summed E-state index contributed by atoms with van der Waals surface area (Å²) in [4.78, 5) is 18.9. The number of hydrogen-bond acceptors (Lipinski definition) is 2. The lowest BCUT2D eigenvalue weighted by Gasteiger charge is -2.09. The first-order chi connectivity index (χ1) is 18.8. The van der Waals surface area contributed by atoms with Crippen molar-refractivity contribution in [2.45, 2.75) is 24.5 Å². The van der Waals surface area contributed by atoms with Gasteiger partial charge in [-0.25, -0.2) is 0 Å². The predicted octanol–water partition coefficient (Wildman–Crippen LogP) is 9.46. The number of ketones is 1. The maximum absolute atomic E-state index is 12.6. The number of carbonyl (C=O) groups is 1. The molecule has 0 unspecified atom stereocenters. The van der Waals surface area contributed by atoms with Crippen LogP contribution in [0.2, 0.25) is 0 Å². The van der Waals surface area contributed by atoms with Crippen LogP contribution in [0.1, 0.15) is 15.9 Å². The predicted molar refractivity (Wildman–Crippen MR) is 152 cm³/mol. The maximum atomic E-state index is 12.6. The van der Waals surface area contributed by atoms with E-state index in [0.717, 1.165) is 4.90 Å². The molecule has 0 bridgehead atoms. The molecule has 0 saturated carbocycles. The van der Waals surface area contributed by atoms with Gasteiger partial charge in [-0.15, -0.1) is 0 Å². The lowest BCUT2D eigenvalue weighted by molar-refractivity contribution is 0.103. The standard InChI is InChI=1S/C31H23OS2.BF4/c32-31(24-10-4-1-5-11-24)25-16-18-26(19-17-25)33-27-20-22-30(23-21-27)34(28-12-6-2-7-13-28)29-14-8-3-9-15-29;2-1(3,4)5/h1-23H;/q+1;-1. The summed E-state index contributed by atoms with van der Waals surface area (Å²) in [5, 5.41) is 0. The van der Waals surface area contributed by atoms with Gasteiger partial charge in [0.1, 0.15) is 0 Å². The van der Waals surface area contributed by atoms with E-state index in [1.807, 2.05) is 54.6 Å². The summed E-state index contributed by atoms with van der Waals surface area (Å²) in [5.41, 5.74) is 1.42. The summed E-state index contributed by atoms with van der Waals surface area (Å²) in [6.07, 6.45) is 0. The Bertz CT molecular complexity index is 1420. The fourth-order valence-corrected chi connectivity index (χ4v) is 6.63. The van der Waals surface area contributed by atoms with Crippen molar-refractivity contribution in [3.8, 4) is 0 Å². The van der Waals surface area contributed by atoms with Crippen molar-refractivity contribution >= 4 is 35.7 Å². The van der Waals surface area contributed by atoms with Crippen LogP contribution in [0.3, 0.4) is 0 Å². The fourth-order valence-electron chi connectivity index (χ4n) is 3.73. The van der Waals surface area contributed by atoms with E-state index in [1.54, 1.807) is 11.8 Å². The van der Waals surface area contributed by atoms with Crippen LogP contribution in [0.4, 0.5) is 17.3 Å². The molecule has 8 heteroatoms. The van der Waals surface area contributed by atoms with Gasteiger partial charge < -0.3 is 17.3 Å². The number of rotatable bonds is 7. The van der Waals surface area contributed by atoms with Gasteiger partial charge in [0.15, 0.2) is 20.5 Å². The smallest absolute Gasteiger partial charge is 0.418 e. The summed E-state index contributed by atoms with van der Waals surface area (Å²) in [6, 6.07) is 47.5. The molecule has 0 radical (unpaired) electrons. The zero-order valence-corrected chi connectivity index (χ0v) is 22.2. The molecule has 0 saturated heterocycles. The first-order valence-electron chi connectivity index (χ1n) is 12.0. The van der Waals surface area contributed by atoms with Crippen molar-refractivity contribution in [2.24, 2.45) is 0 Å². The summed E-state index contributed by atoms with van der Waals surface area (Å²) in [6.45, 7) is 0. The van der Waals surface area contributed by atoms with Crippen molar-refractivity contribution in [1.82, 2.24) is 0 Å². The molecule has 39 heavy (non-hydrogen) atoms. The molecule has 0 fully saturated rings. The highest BCUT2D eigenvalue weighted by Gasteiger charge is 2.28. The molecular weight excluding hydrogens is 539 g/mol. The second-order valence-corrected chi connectivity index (χ2v) is 11.4. The van der Waals surface area contributed by atoms with Crippen LogP contribution in [0.5, 0.6) is 0 Å². The quantitative estimate of drug-likeness (QED) is 0.0851. The topological polar surface area (TPSA) is 17.1 Å². The third-order valence-corrected chi connectivity index (χ3v) is 8.65. The van der Waals surface area contributed by atoms with E-state index >= 15 is 0 Å². The van der Waals surface area contributed by atoms with E-state index in [4.69, 9.17) is 0 Å². The molecule has 0 atom stereocenters. The molecule has 0 aromatic heterocycles. The molecule has 0 aliphatic carbocycles. The van der Waals surface area contributed by atoms with Gasteiger partial charge in [-0.3, -0.25) is 4.79 Å². The Morgan fingerprint density at radius 1 is 0.487 bits per heavy atom. The number of benzene rings is 5. The maximum Gasteiger partial charge on any atom is 0.673 e. The molecule has 196 valence electrons. The Morgan fingerprint density at radius 2 is 0.821 bits per heavy atom. The van der Waals surface area contributed by atoms with Gasteiger partial charge >= 0.3 is 7.25 Å². The Morgan fingerprint density at radius 3 is 1.26 bits per heavy atom. The van der Waals surface area contributed by atoms with Crippen LogP contribution in [0.25, 0.3) is 0 Å². The summed E-state index contributed by atoms with van der Waals surface area (Å²) < 4.78 is 39.0. The number of halogens is 4. The molecule has 0 heterocycles. The van der Waals surface area contributed by atoms with Crippen molar-refractivity contribution in [2.75, 3.05) is 0 Å². The molecule has 1 nitrogen and oxygen atoms in total. The second-order valence-electron chi connectivity index (χ2n) is 8.22. The summed E-state index contributed by atoms with van der Waals surface area (Å²) in [7, 11) is -6.14. The SMILES string of the molecule is F[B-](F)(F)F.O=C(c1ccccc1)c1ccc(Sc2ccc([S+](c3ccccc3)c3ccccc3)cc2)cc1. The minimum atomic E-state index is -6.00. The third-order valence-electron chi connectivity index (χ3n) is 5.41. The first kappa shape index (κ1) is 28.3. The van der Waals surface area contributed by atoms with E-state index in [2.05, 4.69) is 84.9 Å². The minimum absolute atomic E-state index is 0.0513. The van der Waals surface area contributed by atoms with Gasteiger partial charge in [-0.1, -0.05) is 78.5 Å². The number of carbonyl (C=O) groups excluding carboxylic acids is 1. The Kier molecular flexibility index (Phi) is 9.68. The Hall–Kier alpha value is -3.75. The Balaban J connectivity index is 0.000000648. The monoisotopic (exact) mass is 562 g/mol. The zero-order valence-electron chi connectivity index (χ0n) is 20.6. The molecule has 5 aromatic rings. The minimum Gasteiger partial charge on any atom is -0.418 e. The molecule has 0 aliphatic heterocycles. The second kappa shape index (κ2) is 13.4. The van der Waals surface area contributed by atoms with E-state index in [0.29, 0.717) is 11.1 Å². The van der Waals surface area contributed by atoms with Crippen LogP contribution in [0.15, 0.2) is 164 Å². The molecule has 0 spiro atoms. The van der Waals surface area contributed by atoms with E-state index in [9.17, 15) is 22.1 Å². The van der Waals surface area contributed by atoms with Crippen LogP contribution >= 0.6 is 11.8 Å². The van der Waals surface area contributed by atoms with Crippen LogP contribution in [-0.2, 0) is 10.9 Å². The first-order valence-corrected chi connectivity index (χ1v) is 14.0. The van der Waals surface area contributed by atoms with Crippen molar-refractivity contribution in [1.29, 1.82) is 0 Å². The van der Waals surface area contributed by atoms with Crippen molar-refractivity contribution in [3.63, 3.8) is 0 Å². The van der Waals surface area contributed by atoms with Gasteiger partial charge in [-0.2, -0.15) is 0 Å². The van der Waals surface area contributed by atoms with Crippen LogP contribution < -0.4 is 0 Å². The molecule has 0 N–H and O–H groups in total. The average Bonchev–Trinajstić information content (AvgIpc) is 2.95. The fraction of sp³-hybridized carbons (Fsp3) is 0. The average molecular weight is 562 g/mol. The molecule has 5 aromatic carbocycles. The zero-order chi connectivity index (χ0) is 27.7. The van der Waals surface area contributed by atoms with Gasteiger partial charge in [0.2, 0.25) is 0 Å². The van der Waals surface area contributed by atoms with Gasteiger partial charge in [0.25, 0.3) is 0 Å². The highest BCUT2D eigenvalue weighted by atomic mass is 32.2. The summed E-state index contributed by atoms with van der Waals surface area (Å²) >= 11 is 1.71. The van der Waals surface area contributed by atoms with Crippen molar-refractivity contribution < 1.29 is 22.1 Å². The highest BCUT2D eigenvalue weighted by molar-refractivity contribution is 7.99.